The van der Waals surface area contributed by atoms with E-state index in [0.717, 1.165) is 11.3 Å². The number of esters is 1. The van der Waals surface area contributed by atoms with Crippen LogP contribution in [0.3, 0.4) is 0 Å². The highest BCUT2D eigenvalue weighted by Crippen LogP contribution is 2.17. The van der Waals surface area contributed by atoms with Gasteiger partial charge in [0.2, 0.25) is 5.91 Å². The van der Waals surface area contributed by atoms with E-state index in [2.05, 4.69) is 10.5 Å². The quantitative estimate of drug-likeness (QED) is 0.812. The van der Waals surface area contributed by atoms with Crippen molar-refractivity contribution in [2.75, 3.05) is 6.61 Å². The van der Waals surface area contributed by atoms with Gasteiger partial charge in [-0.25, -0.2) is 5.43 Å². The molecule has 94 valence electrons. The van der Waals surface area contributed by atoms with Gasteiger partial charge in [0.05, 0.1) is 5.71 Å². The molecule has 1 aliphatic heterocycles. The number of nitrogens with one attached hydrogen (secondary N) is 1. The summed E-state index contributed by atoms with van der Waals surface area (Å²) in [4.78, 5) is 22.2. The number of hydrazone groups is 1. The van der Waals surface area contributed by atoms with E-state index in [9.17, 15) is 9.59 Å². The Morgan fingerprint density at radius 1 is 1.44 bits per heavy atom. The summed E-state index contributed by atoms with van der Waals surface area (Å²) < 4.78 is 4.98. The van der Waals surface area contributed by atoms with Crippen LogP contribution in [0.25, 0.3) is 0 Å². The molecular weight excluding hydrogens is 232 g/mol. The molecule has 0 radical (unpaired) electrons. The number of hydrogen-bond acceptors (Lipinski definition) is 4. The van der Waals surface area contributed by atoms with Crippen LogP contribution < -0.4 is 5.43 Å². The summed E-state index contributed by atoms with van der Waals surface area (Å²) >= 11 is 0. The van der Waals surface area contributed by atoms with Gasteiger partial charge in [-0.2, -0.15) is 5.10 Å². The van der Waals surface area contributed by atoms with Gasteiger partial charge in [-0.05, 0) is 5.56 Å². The molecule has 5 nitrogen and oxygen atoms in total. The molecule has 1 aromatic carbocycles. The lowest BCUT2D eigenvalue weighted by atomic mass is 9.93. The standard InChI is InChI=1S/C13H14N2O3/c1-9(16)18-8-11-7-12(17)14-15-13(11)10-5-3-2-4-6-10/h2-6,11H,7-8H2,1H3,(H,14,17). The molecule has 0 fully saturated rings. The fourth-order valence-corrected chi connectivity index (χ4v) is 1.84. The molecule has 2 rings (SSSR count). The molecule has 1 heterocycles. The Hall–Kier alpha value is -2.17. The smallest absolute Gasteiger partial charge is 0.302 e. The van der Waals surface area contributed by atoms with E-state index in [0.29, 0.717) is 0 Å². The first-order chi connectivity index (χ1) is 8.66. The molecule has 0 saturated heterocycles. The predicted octanol–water partition coefficient (Wildman–Crippen LogP) is 1.09. The number of carbonyl (C=O) groups excluding carboxylic acids is 2. The lowest BCUT2D eigenvalue weighted by Crippen LogP contribution is -2.36. The van der Waals surface area contributed by atoms with E-state index in [1.165, 1.54) is 6.92 Å². The Morgan fingerprint density at radius 2 is 2.17 bits per heavy atom. The summed E-state index contributed by atoms with van der Waals surface area (Å²) in [6, 6.07) is 9.54. The third kappa shape index (κ3) is 2.94. The van der Waals surface area contributed by atoms with Crippen LogP contribution >= 0.6 is 0 Å². The number of amides is 1. The van der Waals surface area contributed by atoms with E-state index < -0.39 is 0 Å². The summed E-state index contributed by atoms with van der Waals surface area (Å²) in [5.41, 5.74) is 4.13. The molecule has 0 aromatic heterocycles. The average Bonchev–Trinajstić information content (AvgIpc) is 2.37. The molecule has 1 atom stereocenters. The maximum absolute atomic E-state index is 11.3. The molecule has 1 aliphatic rings. The van der Waals surface area contributed by atoms with E-state index >= 15 is 0 Å². The van der Waals surface area contributed by atoms with Gasteiger partial charge in [0, 0.05) is 19.3 Å². The SMILES string of the molecule is CC(=O)OCC1CC(=O)NN=C1c1ccccc1. The van der Waals surface area contributed by atoms with E-state index in [-0.39, 0.29) is 30.8 Å². The Labute approximate surface area is 105 Å². The van der Waals surface area contributed by atoms with Crippen LogP contribution in [0.4, 0.5) is 0 Å². The van der Waals surface area contributed by atoms with E-state index in [1.54, 1.807) is 0 Å². The number of nitrogens with zero attached hydrogens (tertiary/aromatic N) is 1. The molecule has 1 amide bonds. The minimum atomic E-state index is -0.353. The second-order valence-corrected chi connectivity index (χ2v) is 4.10. The minimum Gasteiger partial charge on any atom is -0.465 e. The first-order valence-electron chi connectivity index (χ1n) is 5.72. The van der Waals surface area contributed by atoms with Crippen molar-refractivity contribution in [1.29, 1.82) is 0 Å². The van der Waals surface area contributed by atoms with Crippen molar-refractivity contribution in [3.63, 3.8) is 0 Å². The van der Waals surface area contributed by atoms with Crippen molar-refractivity contribution >= 4 is 17.6 Å². The minimum absolute atomic E-state index is 0.160. The molecule has 1 aromatic rings. The third-order valence-corrected chi connectivity index (χ3v) is 2.68. The topological polar surface area (TPSA) is 67.8 Å². The third-order valence-electron chi connectivity index (χ3n) is 2.68. The van der Waals surface area contributed by atoms with Crippen molar-refractivity contribution in [2.45, 2.75) is 13.3 Å². The van der Waals surface area contributed by atoms with Gasteiger partial charge < -0.3 is 4.74 Å². The normalized spacial score (nSPS) is 18.8. The zero-order chi connectivity index (χ0) is 13.0. The maximum Gasteiger partial charge on any atom is 0.302 e. The van der Waals surface area contributed by atoms with Gasteiger partial charge in [-0.3, -0.25) is 9.59 Å². The highest BCUT2D eigenvalue weighted by molar-refractivity contribution is 6.06. The fraction of sp³-hybridized carbons (Fsp3) is 0.308. The van der Waals surface area contributed by atoms with Gasteiger partial charge in [0.1, 0.15) is 6.61 Å². The van der Waals surface area contributed by atoms with Gasteiger partial charge in [0.25, 0.3) is 0 Å². The Bertz CT molecular complexity index is 482. The van der Waals surface area contributed by atoms with Gasteiger partial charge in [-0.15, -0.1) is 0 Å². The number of rotatable bonds is 3. The largest absolute Gasteiger partial charge is 0.465 e. The van der Waals surface area contributed by atoms with Crippen molar-refractivity contribution in [3.8, 4) is 0 Å². The van der Waals surface area contributed by atoms with Crippen LogP contribution in [-0.2, 0) is 14.3 Å². The van der Waals surface area contributed by atoms with Crippen molar-refractivity contribution in [1.82, 2.24) is 5.43 Å². The molecule has 0 aliphatic carbocycles. The van der Waals surface area contributed by atoms with E-state index in [1.807, 2.05) is 30.3 Å². The highest BCUT2D eigenvalue weighted by Gasteiger charge is 2.26. The van der Waals surface area contributed by atoms with Crippen molar-refractivity contribution in [2.24, 2.45) is 11.0 Å². The Kier molecular flexibility index (Phi) is 3.72. The first-order valence-corrected chi connectivity index (χ1v) is 5.72. The fourth-order valence-electron chi connectivity index (χ4n) is 1.84. The summed E-state index contributed by atoms with van der Waals surface area (Å²) in [6.45, 7) is 1.53. The Morgan fingerprint density at radius 3 is 2.83 bits per heavy atom. The lowest BCUT2D eigenvalue weighted by molar-refractivity contribution is -0.142. The summed E-state index contributed by atoms with van der Waals surface area (Å²) in [7, 11) is 0. The maximum atomic E-state index is 11.3. The number of carbonyl (C=O) groups is 2. The van der Waals surface area contributed by atoms with Crippen molar-refractivity contribution < 1.29 is 14.3 Å². The van der Waals surface area contributed by atoms with E-state index in [4.69, 9.17) is 4.74 Å². The second-order valence-electron chi connectivity index (χ2n) is 4.10. The highest BCUT2D eigenvalue weighted by atomic mass is 16.5. The molecular formula is C13H14N2O3. The van der Waals surface area contributed by atoms with Crippen LogP contribution in [0.5, 0.6) is 0 Å². The van der Waals surface area contributed by atoms with Gasteiger partial charge >= 0.3 is 5.97 Å². The zero-order valence-corrected chi connectivity index (χ0v) is 10.1. The predicted molar refractivity (Wildman–Crippen MR) is 65.9 cm³/mol. The van der Waals surface area contributed by atoms with Crippen LogP contribution in [0.15, 0.2) is 35.4 Å². The molecule has 0 bridgehead atoms. The van der Waals surface area contributed by atoms with Crippen LogP contribution in [0.1, 0.15) is 18.9 Å². The number of hydrogen-bond donors (Lipinski definition) is 1. The van der Waals surface area contributed by atoms with Gasteiger partial charge in [0.15, 0.2) is 0 Å². The Balaban J connectivity index is 2.19. The monoisotopic (exact) mass is 246 g/mol. The van der Waals surface area contributed by atoms with Crippen LogP contribution in [0.2, 0.25) is 0 Å². The first kappa shape index (κ1) is 12.3. The molecule has 1 unspecified atom stereocenters. The molecule has 1 N–H and O–H groups in total. The zero-order valence-electron chi connectivity index (χ0n) is 10.1. The lowest BCUT2D eigenvalue weighted by Gasteiger charge is -2.22. The summed E-state index contributed by atoms with van der Waals surface area (Å²) in [5, 5.41) is 4.07. The number of ether oxygens (including phenoxy) is 1. The molecule has 5 heteroatoms. The van der Waals surface area contributed by atoms with Crippen LogP contribution in [-0.4, -0.2) is 24.2 Å². The average molecular weight is 246 g/mol. The van der Waals surface area contributed by atoms with Gasteiger partial charge in [-0.1, -0.05) is 30.3 Å². The second kappa shape index (κ2) is 5.44. The molecule has 0 saturated carbocycles. The van der Waals surface area contributed by atoms with Crippen LogP contribution in [0, 0.1) is 5.92 Å². The number of benzene rings is 1. The van der Waals surface area contributed by atoms with Crippen molar-refractivity contribution in [3.05, 3.63) is 35.9 Å². The molecule has 0 spiro atoms. The summed E-state index contributed by atoms with van der Waals surface area (Å²) in [6.07, 6.45) is 0.279. The molecule has 18 heavy (non-hydrogen) atoms. The summed E-state index contributed by atoms with van der Waals surface area (Å²) in [5.74, 6) is -0.703.